The highest BCUT2D eigenvalue weighted by molar-refractivity contribution is 6.01. The Hall–Kier alpha value is -2.29. The number of nitrogens with one attached hydrogen (secondary N) is 1. The highest BCUT2D eigenvalue weighted by atomic mass is 19.4. The maximum Gasteiger partial charge on any atom is 0.416 e. The van der Waals surface area contributed by atoms with Crippen molar-refractivity contribution in [2.24, 2.45) is 5.92 Å². The molecule has 2 atom stereocenters. The molecule has 0 aromatic heterocycles. The molecule has 6 heteroatoms. The number of carbonyl (C=O) groups is 1. The van der Waals surface area contributed by atoms with Gasteiger partial charge in [-0.25, -0.2) is 0 Å². The summed E-state index contributed by atoms with van der Waals surface area (Å²) in [5.74, 6) is -0.121. The minimum absolute atomic E-state index is 0.0376. The van der Waals surface area contributed by atoms with Gasteiger partial charge in [-0.05, 0) is 42.5 Å². The van der Waals surface area contributed by atoms with Gasteiger partial charge in [-0.2, -0.15) is 18.4 Å². The summed E-state index contributed by atoms with van der Waals surface area (Å²) in [6, 6.07) is 6.22. The summed E-state index contributed by atoms with van der Waals surface area (Å²) in [4.78, 5) is 12.2. The van der Waals surface area contributed by atoms with E-state index in [1.807, 2.05) is 6.07 Å². The fourth-order valence-electron chi connectivity index (χ4n) is 2.86. The summed E-state index contributed by atoms with van der Waals surface area (Å²) >= 11 is 0. The van der Waals surface area contributed by atoms with Crippen molar-refractivity contribution in [2.75, 3.05) is 0 Å². The Kier molecular flexibility index (Phi) is 5.66. The third-order valence-corrected chi connectivity index (χ3v) is 4.34. The summed E-state index contributed by atoms with van der Waals surface area (Å²) in [6.07, 6.45) is 0.999. The molecule has 3 nitrogen and oxygen atoms in total. The van der Waals surface area contributed by atoms with Gasteiger partial charge < -0.3 is 5.32 Å². The molecule has 2 rings (SSSR count). The van der Waals surface area contributed by atoms with Crippen molar-refractivity contribution in [1.29, 1.82) is 5.26 Å². The maximum absolute atomic E-state index is 12.5. The van der Waals surface area contributed by atoms with Crippen LogP contribution >= 0.6 is 0 Å². The molecule has 24 heavy (non-hydrogen) atoms. The van der Waals surface area contributed by atoms with Gasteiger partial charge in [-0.3, -0.25) is 4.79 Å². The number of carbonyl (C=O) groups excluding carboxylic acids is 1. The first-order valence-corrected chi connectivity index (χ1v) is 7.91. The van der Waals surface area contributed by atoms with E-state index in [1.165, 1.54) is 18.2 Å². The molecule has 0 aliphatic heterocycles. The van der Waals surface area contributed by atoms with Crippen LogP contribution in [0.1, 0.15) is 43.7 Å². The van der Waals surface area contributed by atoms with Crippen molar-refractivity contribution in [2.45, 2.75) is 44.8 Å². The molecule has 1 N–H and O–H groups in total. The van der Waals surface area contributed by atoms with Crippen LogP contribution in [-0.4, -0.2) is 11.9 Å². The van der Waals surface area contributed by atoms with Gasteiger partial charge >= 0.3 is 6.18 Å². The lowest BCUT2D eigenvalue weighted by Crippen LogP contribution is -2.41. The number of benzene rings is 1. The number of rotatable bonds is 3. The first kappa shape index (κ1) is 18.1. The number of alkyl halides is 3. The molecule has 0 bridgehead atoms. The quantitative estimate of drug-likeness (QED) is 0.661. The van der Waals surface area contributed by atoms with Gasteiger partial charge in [0.1, 0.15) is 11.6 Å². The van der Waals surface area contributed by atoms with Crippen LogP contribution in [0.15, 0.2) is 29.8 Å². The molecule has 0 spiro atoms. The molecule has 1 aliphatic rings. The van der Waals surface area contributed by atoms with E-state index in [0.717, 1.165) is 37.8 Å². The summed E-state index contributed by atoms with van der Waals surface area (Å²) in [6.45, 7) is 2.07. The Bertz CT molecular complexity index is 656. The SMILES string of the molecule is C[C@H]1CCCC[C@H]1NC(=O)/C(C#N)=C\c1ccc(C(F)(F)F)cc1. The first-order valence-electron chi connectivity index (χ1n) is 7.91. The van der Waals surface area contributed by atoms with Crippen molar-refractivity contribution in [1.82, 2.24) is 5.32 Å². The van der Waals surface area contributed by atoms with Gasteiger partial charge in [0, 0.05) is 6.04 Å². The Morgan fingerprint density at radius 3 is 2.42 bits per heavy atom. The normalized spacial score (nSPS) is 21.9. The predicted molar refractivity (Wildman–Crippen MR) is 84.6 cm³/mol. The van der Waals surface area contributed by atoms with Gasteiger partial charge in [0.25, 0.3) is 5.91 Å². The predicted octanol–water partition coefficient (Wildman–Crippen LogP) is 4.31. The standard InChI is InChI=1S/C18H19F3N2O/c1-12-4-2-3-5-16(12)23-17(24)14(11-22)10-13-6-8-15(9-7-13)18(19,20)21/h6-10,12,16H,2-5H2,1H3,(H,23,24)/b14-10-/t12-,16+/m0/s1. The Morgan fingerprint density at radius 2 is 1.88 bits per heavy atom. The summed E-state index contributed by atoms with van der Waals surface area (Å²) < 4.78 is 37.6. The molecule has 128 valence electrons. The van der Waals surface area contributed by atoms with Crippen molar-refractivity contribution in [3.8, 4) is 6.07 Å². The summed E-state index contributed by atoms with van der Waals surface area (Å²) in [5, 5.41) is 12.0. The second-order valence-corrected chi connectivity index (χ2v) is 6.13. The van der Waals surface area contributed by atoms with Gasteiger partial charge in [-0.1, -0.05) is 31.9 Å². The molecule has 0 unspecified atom stereocenters. The molecule has 1 fully saturated rings. The van der Waals surface area contributed by atoms with E-state index in [0.29, 0.717) is 11.5 Å². The Morgan fingerprint density at radius 1 is 1.25 bits per heavy atom. The van der Waals surface area contributed by atoms with Gasteiger partial charge in [0.2, 0.25) is 0 Å². The average molecular weight is 336 g/mol. The highest BCUT2D eigenvalue weighted by Crippen LogP contribution is 2.29. The van der Waals surface area contributed by atoms with E-state index in [4.69, 9.17) is 0 Å². The number of amides is 1. The summed E-state index contributed by atoms with van der Waals surface area (Å²) in [7, 11) is 0. The fraction of sp³-hybridized carbons (Fsp3) is 0.444. The molecule has 1 aromatic rings. The second-order valence-electron chi connectivity index (χ2n) is 6.13. The fourth-order valence-corrected chi connectivity index (χ4v) is 2.86. The van der Waals surface area contributed by atoms with Crippen LogP contribution < -0.4 is 5.32 Å². The van der Waals surface area contributed by atoms with Crippen LogP contribution in [0.5, 0.6) is 0 Å². The van der Waals surface area contributed by atoms with E-state index >= 15 is 0 Å². The van der Waals surface area contributed by atoms with Gasteiger partial charge in [-0.15, -0.1) is 0 Å². The van der Waals surface area contributed by atoms with Crippen LogP contribution in [0, 0.1) is 17.2 Å². The second kappa shape index (κ2) is 7.52. The summed E-state index contributed by atoms with van der Waals surface area (Å²) in [5.41, 5.74) is -0.488. The van der Waals surface area contributed by atoms with Gasteiger partial charge in [0.15, 0.2) is 0 Å². The van der Waals surface area contributed by atoms with Crippen LogP contribution in [0.4, 0.5) is 13.2 Å². The Labute approximate surface area is 139 Å². The van der Waals surface area contributed by atoms with Gasteiger partial charge in [0.05, 0.1) is 5.56 Å². The zero-order valence-corrected chi connectivity index (χ0v) is 13.4. The number of hydrogen-bond donors (Lipinski definition) is 1. The highest BCUT2D eigenvalue weighted by Gasteiger charge is 2.30. The van der Waals surface area contributed by atoms with Crippen molar-refractivity contribution in [3.63, 3.8) is 0 Å². The molecular weight excluding hydrogens is 317 g/mol. The molecule has 0 heterocycles. The van der Waals surface area contributed by atoms with E-state index in [1.54, 1.807) is 0 Å². The van der Waals surface area contributed by atoms with Crippen LogP contribution in [0.25, 0.3) is 6.08 Å². The van der Waals surface area contributed by atoms with Crippen LogP contribution in [-0.2, 0) is 11.0 Å². The molecule has 0 radical (unpaired) electrons. The third-order valence-electron chi connectivity index (χ3n) is 4.34. The number of nitrogens with zero attached hydrogens (tertiary/aromatic N) is 1. The van der Waals surface area contributed by atoms with Crippen molar-refractivity contribution in [3.05, 3.63) is 41.0 Å². The minimum atomic E-state index is -4.41. The van der Waals surface area contributed by atoms with E-state index in [2.05, 4.69) is 12.2 Å². The molecule has 1 amide bonds. The lowest BCUT2D eigenvalue weighted by atomic mass is 9.86. The number of hydrogen-bond acceptors (Lipinski definition) is 2. The van der Waals surface area contributed by atoms with Crippen molar-refractivity contribution < 1.29 is 18.0 Å². The first-order chi connectivity index (χ1) is 11.3. The minimum Gasteiger partial charge on any atom is -0.348 e. The lowest BCUT2D eigenvalue weighted by molar-refractivity contribution is -0.137. The average Bonchev–Trinajstić information content (AvgIpc) is 2.54. The van der Waals surface area contributed by atoms with Crippen LogP contribution in [0.2, 0.25) is 0 Å². The molecule has 1 aliphatic carbocycles. The molecule has 1 aromatic carbocycles. The molecule has 0 saturated heterocycles. The zero-order valence-electron chi connectivity index (χ0n) is 13.4. The van der Waals surface area contributed by atoms with E-state index < -0.39 is 17.6 Å². The third kappa shape index (κ3) is 4.60. The lowest BCUT2D eigenvalue weighted by Gasteiger charge is -2.29. The zero-order chi connectivity index (χ0) is 17.7. The smallest absolute Gasteiger partial charge is 0.348 e. The number of halogens is 3. The van der Waals surface area contributed by atoms with E-state index in [9.17, 15) is 23.2 Å². The van der Waals surface area contributed by atoms with Crippen LogP contribution in [0.3, 0.4) is 0 Å². The van der Waals surface area contributed by atoms with Crippen molar-refractivity contribution >= 4 is 12.0 Å². The number of nitriles is 1. The van der Waals surface area contributed by atoms with E-state index in [-0.39, 0.29) is 11.6 Å². The topological polar surface area (TPSA) is 52.9 Å². The molecule has 1 saturated carbocycles. The largest absolute Gasteiger partial charge is 0.416 e. The monoisotopic (exact) mass is 336 g/mol. The maximum atomic E-state index is 12.5. The molecular formula is C18H19F3N2O. The Balaban J connectivity index is 2.11.